The molecule has 2 N–H and O–H groups in total. The molecule has 130 valence electrons. The fourth-order valence-electron chi connectivity index (χ4n) is 2.49. The highest BCUT2D eigenvalue weighted by molar-refractivity contribution is 5.85. The molecule has 5 heteroatoms. The molecule has 0 unspecified atom stereocenters. The smallest absolute Gasteiger partial charge is 0.227 e. The quantitative estimate of drug-likeness (QED) is 0.798. The first-order valence-corrected chi connectivity index (χ1v) is 7.87. The molecule has 2 aromatic rings. The average molecular weight is 349 g/mol. The summed E-state index contributed by atoms with van der Waals surface area (Å²) >= 11 is 0. The van der Waals surface area contributed by atoms with E-state index in [1.165, 1.54) is 5.56 Å². The number of hydrogen-bond acceptors (Lipinski definition) is 3. The summed E-state index contributed by atoms with van der Waals surface area (Å²) in [6.45, 7) is 1.73. The number of nitrogens with two attached hydrogens (primary N) is 1. The van der Waals surface area contributed by atoms with E-state index in [-0.39, 0.29) is 18.3 Å². The fraction of sp³-hybridized carbons (Fsp3) is 0.316. The van der Waals surface area contributed by atoms with Crippen LogP contribution in [0.3, 0.4) is 0 Å². The van der Waals surface area contributed by atoms with Gasteiger partial charge < -0.3 is 15.4 Å². The number of carbonyl (C=O) groups excluding carboxylic acids is 1. The van der Waals surface area contributed by atoms with Crippen molar-refractivity contribution in [3.8, 4) is 5.75 Å². The van der Waals surface area contributed by atoms with Crippen molar-refractivity contribution in [1.82, 2.24) is 4.90 Å². The Morgan fingerprint density at radius 2 is 1.75 bits per heavy atom. The molecule has 0 saturated heterocycles. The first-order chi connectivity index (χ1) is 11.2. The van der Waals surface area contributed by atoms with Gasteiger partial charge in [-0.1, -0.05) is 42.5 Å². The van der Waals surface area contributed by atoms with Gasteiger partial charge in [0.05, 0.1) is 13.5 Å². The van der Waals surface area contributed by atoms with Crippen LogP contribution in [0.25, 0.3) is 0 Å². The van der Waals surface area contributed by atoms with E-state index in [2.05, 4.69) is 12.1 Å². The number of methoxy groups -OCH3 is 1. The van der Waals surface area contributed by atoms with E-state index in [0.29, 0.717) is 26.1 Å². The molecule has 24 heavy (non-hydrogen) atoms. The maximum Gasteiger partial charge on any atom is 0.227 e. The average Bonchev–Trinajstić information content (AvgIpc) is 2.59. The lowest BCUT2D eigenvalue weighted by Crippen LogP contribution is -2.37. The van der Waals surface area contributed by atoms with E-state index < -0.39 is 0 Å². The largest absolute Gasteiger partial charge is 0.497 e. The molecule has 0 aliphatic rings. The summed E-state index contributed by atoms with van der Waals surface area (Å²) in [7, 11) is 1.63. The van der Waals surface area contributed by atoms with Crippen molar-refractivity contribution in [2.24, 2.45) is 5.73 Å². The molecule has 0 radical (unpaired) electrons. The Balaban J connectivity index is 0.00000288. The molecule has 4 nitrogen and oxygen atoms in total. The fourth-order valence-corrected chi connectivity index (χ4v) is 2.49. The van der Waals surface area contributed by atoms with E-state index in [1.807, 2.05) is 47.4 Å². The van der Waals surface area contributed by atoms with Crippen LogP contribution in [-0.4, -0.2) is 37.6 Å². The number of nitrogens with zero attached hydrogens (tertiary/aromatic N) is 1. The second kappa shape index (κ2) is 10.7. The number of amides is 1. The highest BCUT2D eigenvalue weighted by atomic mass is 35.5. The van der Waals surface area contributed by atoms with Crippen molar-refractivity contribution < 1.29 is 9.53 Å². The van der Waals surface area contributed by atoms with Gasteiger partial charge in [-0.15, -0.1) is 12.4 Å². The number of hydrogen-bond donors (Lipinski definition) is 1. The number of benzene rings is 2. The molecular formula is C19H25ClN2O2. The lowest BCUT2D eigenvalue weighted by molar-refractivity contribution is -0.130. The Morgan fingerprint density at radius 3 is 2.42 bits per heavy atom. The summed E-state index contributed by atoms with van der Waals surface area (Å²) in [5.74, 6) is 0.865. The normalized spacial score (nSPS) is 9.92. The second-order valence-corrected chi connectivity index (χ2v) is 5.43. The molecule has 0 aliphatic carbocycles. The molecule has 0 heterocycles. The molecule has 0 bridgehead atoms. The van der Waals surface area contributed by atoms with Crippen LogP contribution in [0.15, 0.2) is 54.6 Å². The number of ether oxygens (including phenoxy) is 1. The molecule has 0 saturated carbocycles. The maximum atomic E-state index is 12.6. The summed E-state index contributed by atoms with van der Waals surface area (Å²) in [5, 5.41) is 0. The lowest BCUT2D eigenvalue weighted by atomic mass is 10.1. The van der Waals surface area contributed by atoms with Gasteiger partial charge in [-0.2, -0.15) is 0 Å². The Kier molecular flexibility index (Phi) is 8.90. The van der Waals surface area contributed by atoms with Gasteiger partial charge in [0.1, 0.15) is 5.75 Å². The molecular weight excluding hydrogens is 324 g/mol. The van der Waals surface area contributed by atoms with Crippen LogP contribution in [0.5, 0.6) is 5.75 Å². The van der Waals surface area contributed by atoms with Crippen LogP contribution in [0.2, 0.25) is 0 Å². The SMILES string of the molecule is COc1cccc(CC(=O)N(CCN)CCc2ccccc2)c1.Cl. The molecule has 0 spiro atoms. The van der Waals surface area contributed by atoms with Crippen molar-refractivity contribution in [2.75, 3.05) is 26.7 Å². The molecule has 0 atom stereocenters. The standard InChI is InChI=1S/C19H24N2O2.ClH/c1-23-18-9-5-8-17(14-18)15-19(22)21(13-11-20)12-10-16-6-3-2-4-7-16;/h2-9,14H,10-13,15,20H2,1H3;1H. The highest BCUT2D eigenvalue weighted by Gasteiger charge is 2.13. The molecule has 0 aromatic heterocycles. The summed E-state index contributed by atoms with van der Waals surface area (Å²) < 4.78 is 5.20. The van der Waals surface area contributed by atoms with Gasteiger partial charge in [-0.25, -0.2) is 0 Å². The Morgan fingerprint density at radius 1 is 1.04 bits per heavy atom. The van der Waals surface area contributed by atoms with Gasteiger partial charge in [-0.3, -0.25) is 4.79 Å². The van der Waals surface area contributed by atoms with Crippen molar-refractivity contribution in [3.05, 3.63) is 65.7 Å². The number of rotatable bonds is 8. The summed E-state index contributed by atoms with van der Waals surface area (Å²) in [4.78, 5) is 14.4. The minimum atomic E-state index is 0. The van der Waals surface area contributed by atoms with Gasteiger partial charge in [0.15, 0.2) is 0 Å². The molecule has 0 aliphatic heterocycles. The van der Waals surface area contributed by atoms with Gasteiger partial charge in [0.2, 0.25) is 5.91 Å². The molecule has 0 fully saturated rings. The predicted octanol–water partition coefficient (Wildman–Crippen LogP) is 2.69. The maximum absolute atomic E-state index is 12.6. The Hall–Kier alpha value is -2.04. The summed E-state index contributed by atoms with van der Waals surface area (Å²) in [5.41, 5.74) is 7.84. The van der Waals surface area contributed by atoms with Crippen LogP contribution in [0.4, 0.5) is 0 Å². The summed E-state index contributed by atoms with van der Waals surface area (Å²) in [6, 6.07) is 17.8. The second-order valence-electron chi connectivity index (χ2n) is 5.43. The Labute approximate surface area is 150 Å². The topological polar surface area (TPSA) is 55.6 Å². The third-order valence-corrected chi connectivity index (χ3v) is 3.75. The van der Waals surface area contributed by atoms with E-state index in [4.69, 9.17) is 10.5 Å². The zero-order valence-corrected chi connectivity index (χ0v) is 14.8. The number of halogens is 1. The van der Waals surface area contributed by atoms with Gasteiger partial charge >= 0.3 is 0 Å². The minimum Gasteiger partial charge on any atom is -0.497 e. The summed E-state index contributed by atoms with van der Waals surface area (Å²) in [6.07, 6.45) is 1.21. The van der Waals surface area contributed by atoms with Gasteiger partial charge in [0, 0.05) is 19.6 Å². The third-order valence-electron chi connectivity index (χ3n) is 3.75. The van der Waals surface area contributed by atoms with E-state index in [1.54, 1.807) is 7.11 Å². The van der Waals surface area contributed by atoms with Crippen LogP contribution >= 0.6 is 12.4 Å². The lowest BCUT2D eigenvalue weighted by Gasteiger charge is -2.22. The van der Waals surface area contributed by atoms with Gasteiger partial charge in [0.25, 0.3) is 0 Å². The Bertz CT molecular complexity index is 620. The van der Waals surface area contributed by atoms with Crippen molar-refractivity contribution in [2.45, 2.75) is 12.8 Å². The van der Waals surface area contributed by atoms with E-state index >= 15 is 0 Å². The third kappa shape index (κ3) is 6.22. The molecule has 2 rings (SSSR count). The highest BCUT2D eigenvalue weighted by Crippen LogP contribution is 2.14. The van der Waals surface area contributed by atoms with E-state index in [0.717, 1.165) is 17.7 Å². The van der Waals surface area contributed by atoms with Crippen LogP contribution in [-0.2, 0) is 17.6 Å². The van der Waals surface area contributed by atoms with Gasteiger partial charge in [-0.05, 0) is 29.7 Å². The minimum absolute atomic E-state index is 0. The number of carbonyl (C=O) groups is 1. The predicted molar refractivity (Wildman–Crippen MR) is 99.7 cm³/mol. The molecule has 2 aromatic carbocycles. The first kappa shape index (κ1) is 20.0. The zero-order chi connectivity index (χ0) is 16.5. The monoisotopic (exact) mass is 348 g/mol. The van der Waals surface area contributed by atoms with E-state index in [9.17, 15) is 4.79 Å². The van der Waals surface area contributed by atoms with Crippen molar-refractivity contribution in [1.29, 1.82) is 0 Å². The van der Waals surface area contributed by atoms with Crippen LogP contribution in [0.1, 0.15) is 11.1 Å². The first-order valence-electron chi connectivity index (χ1n) is 7.87. The van der Waals surface area contributed by atoms with Crippen molar-refractivity contribution >= 4 is 18.3 Å². The zero-order valence-electron chi connectivity index (χ0n) is 14.0. The van der Waals surface area contributed by atoms with Crippen molar-refractivity contribution in [3.63, 3.8) is 0 Å². The molecule has 1 amide bonds. The van der Waals surface area contributed by atoms with Crippen LogP contribution < -0.4 is 10.5 Å². The van der Waals surface area contributed by atoms with Crippen LogP contribution in [0, 0.1) is 0 Å².